The number of hydrogen-bond donors (Lipinski definition) is 1. The van der Waals surface area contributed by atoms with Crippen LogP contribution in [0.4, 0.5) is 0 Å². The minimum atomic E-state index is -0.360. The fourth-order valence-corrected chi connectivity index (χ4v) is 9.95. The third-order valence-corrected chi connectivity index (χ3v) is 12.7. The number of nitrogens with one attached hydrogen (secondary N) is 1. The van der Waals surface area contributed by atoms with Crippen molar-refractivity contribution in [1.29, 1.82) is 0 Å². The van der Waals surface area contributed by atoms with Gasteiger partial charge in [0.25, 0.3) is 0 Å². The Morgan fingerprint density at radius 2 is 0.889 bits per heavy atom. The van der Waals surface area contributed by atoms with Gasteiger partial charge in [-0.1, -0.05) is 176 Å². The van der Waals surface area contributed by atoms with Crippen LogP contribution in [0.5, 0.6) is 0 Å². The first-order valence-electron chi connectivity index (χ1n) is 21.5. The van der Waals surface area contributed by atoms with Crippen LogP contribution in [0.3, 0.4) is 0 Å². The largest absolute Gasteiger partial charge is 0.330 e. The molecule has 1 unspecified atom stereocenters. The Morgan fingerprint density at radius 1 is 0.381 bits per heavy atom. The average Bonchev–Trinajstić information content (AvgIpc) is 4.01. The van der Waals surface area contributed by atoms with Gasteiger partial charge in [-0.2, -0.15) is 4.99 Å². The lowest BCUT2D eigenvalue weighted by Crippen LogP contribution is -2.37. The lowest BCUT2D eigenvalue weighted by atomic mass is 10.0. The Hall–Kier alpha value is -8.48. The highest BCUT2D eigenvalue weighted by atomic mass is 15.3. The number of nitrogens with zero attached hydrogens (tertiary/aromatic N) is 5. The van der Waals surface area contributed by atoms with Gasteiger partial charge >= 0.3 is 0 Å². The van der Waals surface area contributed by atoms with Gasteiger partial charge in [-0.05, 0) is 59.2 Å². The molecule has 6 nitrogen and oxygen atoms in total. The highest BCUT2D eigenvalue weighted by Crippen LogP contribution is 2.45. The van der Waals surface area contributed by atoms with Crippen molar-refractivity contribution < 1.29 is 0 Å². The molecule has 0 amide bonds. The molecule has 296 valence electrons. The number of benzene rings is 9. The van der Waals surface area contributed by atoms with Crippen molar-refractivity contribution in [3.8, 4) is 22.5 Å². The number of aliphatic imine (C=N–C) groups is 2. The second-order valence-electron chi connectivity index (χ2n) is 16.2. The molecule has 0 aliphatic carbocycles. The highest BCUT2D eigenvalue weighted by molar-refractivity contribution is 6.27. The Kier molecular flexibility index (Phi) is 7.87. The fraction of sp³-hybridized carbons (Fsp3) is 0.0175. The first-order valence-corrected chi connectivity index (χ1v) is 21.5. The van der Waals surface area contributed by atoms with Crippen molar-refractivity contribution in [1.82, 2.24) is 19.0 Å². The molecule has 1 atom stereocenters. The van der Waals surface area contributed by atoms with E-state index in [2.05, 4.69) is 213 Å². The first kappa shape index (κ1) is 35.3. The lowest BCUT2D eigenvalue weighted by molar-refractivity contribution is 0.661. The molecule has 0 spiro atoms. The van der Waals surface area contributed by atoms with E-state index in [-0.39, 0.29) is 6.17 Å². The Balaban J connectivity index is 1.20. The molecule has 12 aromatic rings. The lowest BCUT2D eigenvalue weighted by Gasteiger charge is -2.25. The second kappa shape index (κ2) is 14.0. The summed E-state index contributed by atoms with van der Waals surface area (Å²) in [6.45, 7) is 0. The molecule has 0 saturated heterocycles. The van der Waals surface area contributed by atoms with Gasteiger partial charge in [0, 0.05) is 43.6 Å². The van der Waals surface area contributed by atoms with E-state index in [4.69, 9.17) is 9.98 Å². The van der Waals surface area contributed by atoms with Gasteiger partial charge in [0.1, 0.15) is 6.17 Å². The summed E-state index contributed by atoms with van der Waals surface area (Å²) in [4.78, 5) is 10.7. The molecule has 0 radical (unpaired) electrons. The van der Waals surface area contributed by atoms with Crippen molar-refractivity contribution >= 4 is 77.2 Å². The van der Waals surface area contributed by atoms with Gasteiger partial charge in [0.15, 0.2) is 5.84 Å². The number of rotatable bonds is 5. The second-order valence-corrected chi connectivity index (χ2v) is 16.2. The number of para-hydroxylation sites is 4. The van der Waals surface area contributed by atoms with Gasteiger partial charge in [0.2, 0.25) is 5.96 Å². The van der Waals surface area contributed by atoms with Crippen molar-refractivity contribution in [2.24, 2.45) is 9.98 Å². The van der Waals surface area contributed by atoms with E-state index in [0.717, 1.165) is 83.5 Å². The average molecular weight is 807 g/mol. The summed E-state index contributed by atoms with van der Waals surface area (Å²) < 4.78 is 7.31. The zero-order chi connectivity index (χ0) is 41.4. The van der Waals surface area contributed by atoms with E-state index in [9.17, 15) is 0 Å². The van der Waals surface area contributed by atoms with Crippen LogP contribution in [-0.2, 0) is 0 Å². The van der Waals surface area contributed by atoms with E-state index < -0.39 is 0 Å². The van der Waals surface area contributed by atoms with Crippen LogP contribution in [0, 0.1) is 0 Å². The van der Waals surface area contributed by atoms with Crippen LogP contribution < -0.4 is 5.32 Å². The molecule has 13 rings (SSSR count). The van der Waals surface area contributed by atoms with Gasteiger partial charge in [-0.3, -0.25) is 4.57 Å². The zero-order valence-corrected chi connectivity index (χ0v) is 34.1. The van der Waals surface area contributed by atoms with Crippen molar-refractivity contribution in [3.05, 3.63) is 230 Å². The molecular weight excluding hydrogens is 769 g/mol. The monoisotopic (exact) mass is 806 g/mol. The summed E-state index contributed by atoms with van der Waals surface area (Å²) in [5, 5.41) is 10.9. The van der Waals surface area contributed by atoms with Gasteiger partial charge in [0.05, 0.1) is 38.8 Å². The number of aromatic nitrogens is 3. The third kappa shape index (κ3) is 5.45. The molecule has 9 aromatic carbocycles. The zero-order valence-electron chi connectivity index (χ0n) is 34.1. The summed E-state index contributed by atoms with van der Waals surface area (Å²) in [5.41, 5.74) is 13.2. The predicted octanol–water partition coefficient (Wildman–Crippen LogP) is 13.6. The Morgan fingerprint density at radius 3 is 1.54 bits per heavy atom. The fourth-order valence-electron chi connectivity index (χ4n) is 9.95. The molecule has 0 bridgehead atoms. The summed E-state index contributed by atoms with van der Waals surface area (Å²) in [5.74, 6) is 1.40. The minimum Gasteiger partial charge on any atom is -0.330 e. The number of hydrogen-bond acceptors (Lipinski definition) is 3. The van der Waals surface area contributed by atoms with Gasteiger partial charge in [-0.15, -0.1) is 0 Å². The van der Waals surface area contributed by atoms with E-state index in [1.165, 1.54) is 21.5 Å². The molecule has 1 aliphatic heterocycles. The molecule has 63 heavy (non-hydrogen) atoms. The van der Waals surface area contributed by atoms with E-state index in [1.807, 2.05) is 24.3 Å². The summed E-state index contributed by atoms with van der Waals surface area (Å²) in [6, 6.07) is 78.1. The van der Waals surface area contributed by atoms with Gasteiger partial charge in [-0.25, -0.2) is 4.99 Å². The van der Waals surface area contributed by atoms with Crippen LogP contribution in [0.1, 0.15) is 17.3 Å². The topological polar surface area (TPSA) is 51.5 Å². The van der Waals surface area contributed by atoms with Crippen LogP contribution in [-0.4, -0.2) is 25.5 Å². The number of amidine groups is 1. The van der Waals surface area contributed by atoms with Crippen molar-refractivity contribution in [3.63, 3.8) is 0 Å². The molecule has 4 heterocycles. The van der Waals surface area contributed by atoms with Crippen LogP contribution in [0.2, 0.25) is 0 Å². The minimum absolute atomic E-state index is 0.360. The molecule has 6 heteroatoms. The summed E-state index contributed by atoms with van der Waals surface area (Å²) in [7, 11) is 0. The highest BCUT2D eigenvalue weighted by Gasteiger charge is 2.28. The molecule has 0 fully saturated rings. The van der Waals surface area contributed by atoms with Crippen molar-refractivity contribution in [2.75, 3.05) is 0 Å². The molecule has 1 N–H and O–H groups in total. The maximum absolute atomic E-state index is 5.42. The van der Waals surface area contributed by atoms with E-state index >= 15 is 0 Å². The summed E-state index contributed by atoms with van der Waals surface area (Å²) in [6.07, 6.45) is -0.360. The molecule has 0 saturated carbocycles. The smallest absolute Gasteiger partial charge is 0.212 e. The maximum atomic E-state index is 5.42. The Labute approximate surface area is 362 Å². The van der Waals surface area contributed by atoms with E-state index in [1.54, 1.807) is 0 Å². The molecule has 1 aliphatic rings. The number of fused-ring (bicyclic) bond motifs is 10. The van der Waals surface area contributed by atoms with E-state index in [0.29, 0.717) is 5.84 Å². The Bertz CT molecular complexity index is 3800. The standard InChI is InChI=1S/C57H38N6/c1-5-19-37(20-6-1)40-35-50-52(46-29-15-18-32-49(46)61(50)41-25-11-4-12-26-41)51(36-40)62-47-30-16-13-27-42(47)44-33-34-45-43-28-14-17-31-48(43)63(54(45)53(44)62)57-59-55(38-21-7-2-8-22-38)58-56(60-57)39-23-9-3-10-24-39/h1-36,55H,(H,58,59,60). The van der Waals surface area contributed by atoms with Crippen LogP contribution >= 0.6 is 0 Å². The van der Waals surface area contributed by atoms with Crippen molar-refractivity contribution in [2.45, 2.75) is 6.17 Å². The molecular formula is C57H38N6. The van der Waals surface area contributed by atoms with Crippen LogP contribution in [0.15, 0.2) is 228 Å². The SMILES string of the molecule is c1ccc(C2=NC(c3ccccc3)NC(n3c4ccccc4c4ccc5c6ccccc6n(-c6cc(-c7ccccc7)cc7c6c6ccccc6n7-c6ccccc6)c5c43)=N2)cc1. The maximum Gasteiger partial charge on any atom is 0.212 e. The first-order chi connectivity index (χ1) is 31.3. The van der Waals surface area contributed by atoms with Crippen LogP contribution in [0.25, 0.3) is 87.9 Å². The normalized spacial score (nSPS) is 14.2. The predicted molar refractivity (Wildman–Crippen MR) is 262 cm³/mol. The quantitative estimate of drug-likeness (QED) is 0.185. The summed E-state index contributed by atoms with van der Waals surface area (Å²) >= 11 is 0. The van der Waals surface area contributed by atoms with Gasteiger partial charge < -0.3 is 14.5 Å². The molecule has 3 aromatic heterocycles. The third-order valence-electron chi connectivity index (χ3n) is 12.7.